The predicted molar refractivity (Wildman–Crippen MR) is 60.3 cm³/mol. The van der Waals surface area contributed by atoms with E-state index in [4.69, 9.17) is 4.74 Å². The first-order valence-electron chi connectivity index (χ1n) is 5.57. The van der Waals surface area contributed by atoms with Crippen LogP contribution in [0.25, 0.3) is 0 Å². The summed E-state index contributed by atoms with van der Waals surface area (Å²) >= 11 is 0. The van der Waals surface area contributed by atoms with Crippen LogP contribution in [0.2, 0.25) is 0 Å². The largest absolute Gasteiger partial charge is 0.573 e. The standard InChI is InChI=1S/C12H13F3O4/c1-3-17-8-5-6-10(19-12(13,14)15)9(7-8)11(16)18-4-2/h5-7H,3-4H2,1-2H3. The number of alkyl halides is 3. The van der Waals surface area contributed by atoms with E-state index in [9.17, 15) is 18.0 Å². The number of carbonyl (C=O) groups excluding carboxylic acids is 1. The molecule has 0 aromatic heterocycles. The maximum Gasteiger partial charge on any atom is 0.573 e. The molecule has 7 heteroatoms. The number of esters is 1. The third-order valence-electron chi connectivity index (χ3n) is 1.98. The van der Waals surface area contributed by atoms with E-state index < -0.39 is 18.1 Å². The minimum absolute atomic E-state index is 0.0448. The van der Waals surface area contributed by atoms with Crippen molar-refractivity contribution in [2.24, 2.45) is 0 Å². The van der Waals surface area contributed by atoms with Crippen molar-refractivity contribution in [3.63, 3.8) is 0 Å². The van der Waals surface area contributed by atoms with Crippen LogP contribution < -0.4 is 9.47 Å². The fraction of sp³-hybridized carbons (Fsp3) is 0.417. The molecular formula is C12H13F3O4. The maximum atomic E-state index is 12.2. The van der Waals surface area contributed by atoms with Crippen molar-refractivity contribution in [1.29, 1.82) is 0 Å². The van der Waals surface area contributed by atoms with Gasteiger partial charge >= 0.3 is 12.3 Å². The fourth-order valence-electron chi connectivity index (χ4n) is 1.35. The summed E-state index contributed by atoms with van der Waals surface area (Å²) in [4.78, 5) is 11.6. The molecule has 1 rings (SSSR count). The molecule has 0 aliphatic rings. The Hall–Kier alpha value is -1.92. The average Bonchev–Trinajstić information content (AvgIpc) is 2.30. The van der Waals surface area contributed by atoms with Gasteiger partial charge in [0.05, 0.1) is 13.2 Å². The number of halogens is 3. The summed E-state index contributed by atoms with van der Waals surface area (Å²) in [7, 11) is 0. The number of ether oxygens (including phenoxy) is 3. The summed E-state index contributed by atoms with van der Waals surface area (Å²) in [5.41, 5.74) is -0.329. The number of hydrogen-bond acceptors (Lipinski definition) is 4. The lowest BCUT2D eigenvalue weighted by Crippen LogP contribution is -2.19. The highest BCUT2D eigenvalue weighted by atomic mass is 19.4. The SMILES string of the molecule is CCOC(=O)c1cc(OCC)ccc1OC(F)(F)F. The van der Waals surface area contributed by atoms with Gasteiger partial charge in [-0.1, -0.05) is 0 Å². The van der Waals surface area contributed by atoms with Crippen LogP contribution in [0.3, 0.4) is 0 Å². The third-order valence-corrected chi connectivity index (χ3v) is 1.98. The van der Waals surface area contributed by atoms with Gasteiger partial charge in [0.15, 0.2) is 0 Å². The predicted octanol–water partition coefficient (Wildman–Crippen LogP) is 3.16. The lowest BCUT2D eigenvalue weighted by atomic mass is 10.2. The van der Waals surface area contributed by atoms with Crippen molar-refractivity contribution in [3.05, 3.63) is 23.8 Å². The van der Waals surface area contributed by atoms with E-state index in [-0.39, 0.29) is 17.9 Å². The van der Waals surface area contributed by atoms with Crippen LogP contribution in [0.15, 0.2) is 18.2 Å². The van der Waals surface area contributed by atoms with Crippen molar-refractivity contribution in [2.75, 3.05) is 13.2 Å². The lowest BCUT2D eigenvalue weighted by Gasteiger charge is -2.13. The van der Waals surface area contributed by atoms with Gasteiger partial charge in [-0.2, -0.15) is 0 Å². The molecule has 0 bridgehead atoms. The number of hydrogen-bond donors (Lipinski definition) is 0. The van der Waals surface area contributed by atoms with E-state index in [1.54, 1.807) is 13.8 Å². The summed E-state index contributed by atoms with van der Waals surface area (Å²) < 4.78 is 50.2. The summed E-state index contributed by atoms with van der Waals surface area (Å²) in [5.74, 6) is -1.25. The van der Waals surface area contributed by atoms with Crippen LogP contribution in [0, 0.1) is 0 Å². The summed E-state index contributed by atoms with van der Waals surface area (Å²) in [6, 6.07) is 3.46. The van der Waals surface area contributed by atoms with Crippen molar-refractivity contribution in [1.82, 2.24) is 0 Å². The summed E-state index contributed by atoms with van der Waals surface area (Å²) in [6.45, 7) is 3.63. The molecule has 0 fully saturated rings. The van der Waals surface area contributed by atoms with Crippen molar-refractivity contribution < 1.29 is 32.2 Å². The van der Waals surface area contributed by atoms with Gasteiger partial charge in [-0.3, -0.25) is 0 Å². The third kappa shape index (κ3) is 4.69. The van der Waals surface area contributed by atoms with Gasteiger partial charge in [-0.25, -0.2) is 4.79 Å². The van der Waals surface area contributed by atoms with E-state index in [1.807, 2.05) is 0 Å². The zero-order chi connectivity index (χ0) is 14.5. The number of carbonyl (C=O) groups is 1. The van der Waals surface area contributed by atoms with Gasteiger partial charge in [-0.15, -0.1) is 13.2 Å². The average molecular weight is 278 g/mol. The Labute approximate surface area is 108 Å². The monoisotopic (exact) mass is 278 g/mol. The van der Waals surface area contributed by atoms with Crippen LogP contribution in [-0.4, -0.2) is 25.5 Å². The molecule has 0 N–H and O–H groups in total. The van der Waals surface area contributed by atoms with Gasteiger partial charge in [0, 0.05) is 0 Å². The van der Waals surface area contributed by atoms with Crippen molar-refractivity contribution in [3.8, 4) is 11.5 Å². The van der Waals surface area contributed by atoms with Gasteiger partial charge in [0.1, 0.15) is 17.1 Å². The highest BCUT2D eigenvalue weighted by Gasteiger charge is 2.33. The molecule has 1 aromatic rings. The van der Waals surface area contributed by atoms with Crippen LogP contribution >= 0.6 is 0 Å². The molecule has 0 saturated carbocycles. The fourth-order valence-corrected chi connectivity index (χ4v) is 1.35. The molecule has 106 valence electrons. The number of rotatable bonds is 5. The Morgan fingerprint density at radius 1 is 1.21 bits per heavy atom. The molecular weight excluding hydrogens is 265 g/mol. The Morgan fingerprint density at radius 2 is 1.89 bits per heavy atom. The van der Waals surface area contributed by atoms with E-state index >= 15 is 0 Å². The van der Waals surface area contributed by atoms with Gasteiger partial charge < -0.3 is 14.2 Å². The van der Waals surface area contributed by atoms with E-state index in [0.717, 1.165) is 12.1 Å². The van der Waals surface area contributed by atoms with Crippen LogP contribution in [0.4, 0.5) is 13.2 Å². The maximum absolute atomic E-state index is 12.2. The smallest absolute Gasteiger partial charge is 0.494 e. The van der Waals surface area contributed by atoms with Crippen LogP contribution in [0.1, 0.15) is 24.2 Å². The van der Waals surface area contributed by atoms with Gasteiger partial charge in [0.25, 0.3) is 0 Å². The molecule has 0 saturated heterocycles. The highest BCUT2D eigenvalue weighted by Crippen LogP contribution is 2.30. The van der Waals surface area contributed by atoms with Crippen LogP contribution in [-0.2, 0) is 4.74 Å². The first-order chi connectivity index (χ1) is 8.87. The van der Waals surface area contributed by atoms with E-state index in [0.29, 0.717) is 6.61 Å². The molecule has 0 spiro atoms. The first kappa shape index (κ1) is 15.1. The second-order valence-electron chi connectivity index (χ2n) is 3.36. The minimum Gasteiger partial charge on any atom is -0.494 e. The molecule has 4 nitrogen and oxygen atoms in total. The highest BCUT2D eigenvalue weighted by molar-refractivity contribution is 5.93. The molecule has 0 aliphatic heterocycles. The lowest BCUT2D eigenvalue weighted by molar-refractivity contribution is -0.274. The van der Waals surface area contributed by atoms with E-state index in [2.05, 4.69) is 9.47 Å². The van der Waals surface area contributed by atoms with Crippen molar-refractivity contribution >= 4 is 5.97 Å². The summed E-state index contributed by atoms with van der Waals surface area (Å²) in [6.07, 6.45) is -4.88. The molecule has 0 atom stereocenters. The molecule has 0 amide bonds. The van der Waals surface area contributed by atoms with Crippen LogP contribution in [0.5, 0.6) is 11.5 Å². The summed E-state index contributed by atoms with van der Waals surface area (Å²) in [5, 5.41) is 0. The normalized spacial score (nSPS) is 11.0. The zero-order valence-electron chi connectivity index (χ0n) is 10.4. The zero-order valence-corrected chi connectivity index (χ0v) is 10.4. The molecule has 1 aromatic carbocycles. The Morgan fingerprint density at radius 3 is 2.42 bits per heavy atom. The Balaban J connectivity index is 3.11. The first-order valence-corrected chi connectivity index (χ1v) is 5.57. The number of benzene rings is 1. The minimum atomic E-state index is -4.88. The molecule has 19 heavy (non-hydrogen) atoms. The Bertz CT molecular complexity index is 443. The Kier molecular flexibility index (Phi) is 5.02. The topological polar surface area (TPSA) is 44.8 Å². The second kappa shape index (κ2) is 6.31. The van der Waals surface area contributed by atoms with Gasteiger partial charge in [0.2, 0.25) is 0 Å². The van der Waals surface area contributed by atoms with E-state index in [1.165, 1.54) is 6.07 Å². The van der Waals surface area contributed by atoms with Crippen molar-refractivity contribution in [2.45, 2.75) is 20.2 Å². The quantitative estimate of drug-likeness (QED) is 0.776. The van der Waals surface area contributed by atoms with Gasteiger partial charge in [-0.05, 0) is 32.0 Å². The molecule has 0 unspecified atom stereocenters. The second-order valence-corrected chi connectivity index (χ2v) is 3.36. The molecule has 0 heterocycles. The molecule has 0 radical (unpaired) electrons. The molecule has 0 aliphatic carbocycles.